The lowest BCUT2D eigenvalue weighted by Gasteiger charge is -2.38. The van der Waals surface area contributed by atoms with Gasteiger partial charge >= 0.3 is 12.0 Å². The maximum Gasteiger partial charge on any atom is 0.335 e. The molecular weight excluding hydrogens is 484 g/mol. The molecule has 2 fully saturated rings. The lowest BCUT2D eigenvalue weighted by molar-refractivity contribution is 0.0697. The number of carboxylic acids is 1. The molecule has 2 aromatic carbocycles. The zero-order chi connectivity index (χ0) is 26.5. The monoisotopic (exact) mass is 516 g/mol. The Morgan fingerprint density at radius 2 is 1.82 bits per heavy atom. The molecule has 2 saturated heterocycles. The minimum absolute atomic E-state index is 0.126. The molecule has 9 heteroatoms. The van der Waals surface area contributed by atoms with Crippen LogP contribution < -0.4 is 4.74 Å². The van der Waals surface area contributed by atoms with Crippen LogP contribution in [0.4, 0.5) is 0 Å². The minimum Gasteiger partial charge on any atom is -0.478 e. The van der Waals surface area contributed by atoms with Crippen molar-refractivity contribution in [3.8, 4) is 11.6 Å². The van der Waals surface area contributed by atoms with Crippen LogP contribution in [0.15, 0.2) is 71.9 Å². The van der Waals surface area contributed by atoms with Gasteiger partial charge in [0.05, 0.1) is 11.6 Å². The van der Waals surface area contributed by atoms with E-state index in [-0.39, 0.29) is 11.6 Å². The van der Waals surface area contributed by atoms with Crippen molar-refractivity contribution in [1.82, 2.24) is 14.8 Å². The van der Waals surface area contributed by atoms with E-state index in [1.165, 1.54) is 17.7 Å². The van der Waals surface area contributed by atoms with Gasteiger partial charge in [-0.15, -0.1) is 0 Å². The predicted molar refractivity (Wildman–Crippen MR) is 142 cm³/mol. The van der Waals surface area contributed by atoms with Crippen molar-refractivity contribution in [2.45, 2.75) is 38.4 Å². The van der Waals surface area contributed by atoms with Gasteiger partial charge < -0.3 is 24.3 Å². The van der Waals surface area contributed by atoms with Gasteiger partial charge in [0.1, 0.15) is 19.5 Å². The van der Waals surface area contributed by atoms with Crippen LogP contribution in [-0.4, -0.2) is 64.7 Å². The number of hydrogen-bond acceptors (Lipinski definition) is 7. The highest BCUT2D eigenvalue weighted by molar-refractivity contribution is 5.87. The molecule has 1 atom stereocenters. The Balaban J connectivity index is 1.20. The van der Waals surface area contributed by atoms with Crippen molar-refractivity contribution in [3.63, 3.8) is 0 Å². The molecule has 0 saturated carbocycles. The van der Waals surface area contributed by atoms with E-state index in [0.717, 1.165) is 43.7 Å². The number of carboxylic acid groups (broad SMARTS) is 1. The highest BCUT2D eigenvalue weighted by Gasteiger charge is 2.39. The Morgan fingerprint density at radius 3 is 2.47 bits per heavy atom. The molecule has 0 aliphatic carbocycles. The Kier molecular flexibility index (Phi) is 7.74. The predicted octanol–water partition coefficient (Wildman–Crippen LogP) is 4.84. The number of aromatic carboxylic acids is 1. The molecule has 0 radical (unpaired) electrons. The second-order valence-corrected chi connectivity index (χ2v) is 9.53. The molecule has 9 nitrogen and oxygen atoms in total. The number of rotatable bonds is 8. The first-order valence-electron chi connectivity index (χ1n) is 12.8. The number of nitrogens with zero attached hydrogens (tertiary/aromatic N) is 4. The Morgan fingerprint density at radius 1 is 1.08 bits per heavy atom. The summed E-state index contributed by atoms with van der Waals surface area (Å²) in [7, 11) is 1.55. The van der Waals surface area contributed by atoms with Crippen LogP contribution in [0.25, 0.3) is 0 Å². The Labute approximate surface area is 222 Å². The number of hydrogen-bond donors (Lipinski definition) is 1. The van der Waals surface area contributed by atoms with Gasteiger partial charge in [0, 0.05) is 37.4 Å². The van der Waals surface area contributed by atoms with Crippen LogP contribution in [0.2, 0.25) is 0 Å². The van der Waals surface area contributed by atoms with Crippen LogP contribution in [0.3, 0.4) is 0 Å². The third-order valence-electron chi connectivity index (χ3n) is 7.12. The van der Waals surface area contributed by atoms with Gasteiger partial charge in [-0.25, -0.2) is 9.78 Å². The lowest BCUT2D eigenvalue weighted by atomic mass is 9.98. The Bertz CT molecular complexity index is 1270. The lowest BCUT2D eigenvalue weighted by Crippen LogP contribution is -2.46. The van der Waals surface area contributed by atoms with Crippen molar-refractivity contribution < 1.29 is 24.2 Å². The fourth-order valence-electron chi connectivity index (χ4n) is 5.11. The molecule has 3 heterocycles. The van der Waals surface area contributed by atoms with Crippen LogP contribution in [0.5, 0.6) is 11.6 Å². The number of pyridine rings is 1. The van der Waals surface area contributed by atoms with Crippen molar-refractivity contribution in [3.05, 3.63) is 89.1 Å². The van der Waals surface area contributed by atoms with E-state index in [0.29, 0.717) is 30.3 Å². The van der Waals surface area contributed by atoms with Gasteiger partial charge in [0.25, 0.3) is 0 Å². The first-order valence-corrected chi connectivity index (χ1v) is 12.8. The maximum absolute atomic E-state index is 11.0. The molecule has 5 rings (SSSR count). The third-order valence-corrected chi connectivity index (χ3v) is 7.12. The molecule has 1 unspecified atom stereocenters. The van der Waals surface area contributed by atoms with Crippen molar-refractivity contribution >= 4 is 12.0 Å². The van der Waals surface area contributed by atoms with E-state index in [1.807, 2.05) is 19.1 Å². The quantitative estimate of drug-likeness (QED) is 0.425. The van der Waals surface area contributed by atoms with Crippen LogP contribution >= 0.6 is 0 Å². The number of aromatic nitrogens is 1. The number of piperidine rings is 1. The standard InChI is InChI=1S/C29H32N4O5/c1-20-23(10-13-27(30-20)38-25-11-8-22(9-12-25)28(34)35)18-32-16-14-24(15-17-32)33-26(19-37-29(33)31-36-2)21-6-4-3-5-7-21/h3-13,24,26H,14-19H2,1-2H3,(H,34,35). The van der Waals surface area contributed by atoms with Gasteiger partial charge in [-0.3, -0.25) is 4.90 Å². The first-order chi connectivity index (χ1) is 18.5. The summed E-state index contributed by atoms with van der Waals surface area (Å²) < 4.78 is 11.8. The van der Waals surface area contributed by atoms with Gasteiger partial charge in [-0.1, -0.05) is 36.4 Å². The van der Waals surface area contributed by atoms with Crippen LogP contribution in [-0.2, 0) is 16.1 Å². The summed E-state index contributed by atoms with van der Waals surface area (Å²) in [4.78, 5) is 25.5. The molecule has 1 aromatic heterocycles. The smallest absolute Gasteiger partial charge is 0.335 e. The number of ether oxygens (including phenoxy) is 2. The maximum atomic E-state index is 11.0. The van der Waals surface area contributed by atoms with Crippen LogP contribution in [0.1, 0.15) is 46.1 Å². The van der Waals surface area contributed by atoms with E-state index in [1.54, 1.807) is 19.2 Å². The van der Waals surface area contributed by atoms with E-state index in [2.05, 4.69) is 50.3 Å². The highest BCUT2D eigenvalue weighted by Crippen LogP contribution is 2.33. The number of aryl methyl sites for hydroxylation is 1. The van der Waals surface area contributed by atoms with E-state index >= 15 is 0 Å². The molecule has 1 N–H and O–H groups in total. The number of benzene rings is 2. The van der Waals surface area contributed by atoms with Gasteiger partial charge in [0.2, 0.25) is 5.88 Å². The zero-order valence-corrected chi connectivity index (χ0v) is 21.6. The van der Waals surface area contributed by atoms with E-state index in [9.17, 15) is 4.79 Å². The second kappa shape index (κ2) is 11.5. The topological polar surface area (TPSA) is 96.7 Å². The summed E-state index contributed by atoms with van der Waals surface area (Å²) in [6.07, 6.45) is 1.99. The van der Waals surface area contributed by atoms with Crippen molar-refractivity contribution in [1.29, 1.82) is 0 Å². The molecule has 38 heavy (non-hydrogen) atoms. The van der Waals surface area contributed by atoms with E-state index < -0.39 is 5.97 Å². The summed E-state index contributed by atoms with van der Waals surface area (Å²) >= 11 is 0. The van der Waals surface area contributed by atoms with Gasteiger partial charge in [-0.2, -0.15) is 0 Å². The molecular formula is C29H32N4O5. The Hall–Kier alpha value is -4.11. The van der Waals surface area contributed by atoms with Crippen molar-refractivity contribution in [2.75, 3.05) is 26.8 Å². The third kappa shape index (κ3) is 5.73. The highest BCUT2D eigenvalue weighted by atomic mass is 16.6. The first kappa shape index (κ1) is 25.5. The van der Waals surface area contributed by atoms with E-state index in [4.69, 9.17) is 19.4 Å². The molecule has 198 valence electrons. The fraction of sp³-hybridized carbons (Fsp3) is 0.345. The van der Waals surface area contributed by atoms with Crippen molar-refractivity contribution in [2.24, 2.45) is 5.16 Å². The summed E-state index contributed by atoms with van der Waals surface area (Å²) in [6.45, 7) is 5.28. The second-order valence-electron chi connectivity index (χ2n) is 9.53. The molecule has 0 spiro atoms. The number of likely N-dealkylation sites (tertiary alicyclic amines) is 1. The summed E-state index contributed by atoms with van der Waals surface area (Å²) in [5.74, 6) is 0.0685. The number of amidine groups is 1. The summed E-state index contributed by atoms with van der Waals surface area (Å²) in [5.41, 5.74) is 3.51. The molecule has 2 aliphatic heterocycles. The minimum atomic E-state index is -0.966. The average Bonchev–Trinajstić information content (AvgIpc) is 3.35. The fourth-order valence-corrected chi connectivity index (χ4v) is 5.11. The largest absolute Gasteiger partial charge is 0.478 e. The van der Waals surface area contributed by atoms with Gasteiger partial charge in [-0.05, 0) is 60.3 Å². The molecule has 3 aromatic rings. The number of carbonyl (C=O) groups is 1. The molecule has 0 bridgehead atoms. The number of oxime groups is 1. The SMILES string of the molecule is CON=C1OCC(c2ccccc2)N1C1CCN(Cc2ccc(Oc3ccc(C(=O)O)cc3)nc2C)CC1. The van der Waals surface area contributed by atoms with Crippen LogP contribution in [0, 0.1) is 6.92 Å². The average molecular weight is 517 g/mol. The normalized spacial score (nSPS) is 19.4. The molecule has 0 amide bonds. The molecule has 2 aliphatic rings. The van der Waals surface area contributed by atoms with Gasteiger partial charge in [0.15, 0.2) is 0 Å². The summed E-state index contributed by atoms with van der Waals surface area (Å²) in [6, 6.07) is 21.6. The summed E-state index contributed by atoms with van der Waals surface area (Å²) in [5, 5.41) is 13.2. The zero-order valence-electron chi connectivity index (χ0n) is 21.6.